The summed E-state index contributed by atoms with van der Waals surface area (Å²) in [5.41, 5.74) is 6.84. The predicted molar refractivity (Wildman–Crippen MR) is 169 cm³/mol. The van der Waals surface area contributed by atoms with E-state index in [9.17, 15) is 5.11 Å². The Morgan fingerprint density at radius 1 is 0.646 bits per heavy atom. The van der Waals surface area contributed by atoms with Crippen molar-refractivity contribution in [2.75, 3.05) is 0 Å². The maximum Gasteiger partial charge on any atom is 2.00 e. The first kappa shape index (κ1) is 38.3. The van der Waals surface area contributed by atoms with E-state index in [0.29, 0.717) is 12.1 Å². The second-order valence-electron chi connectivity index (χ2n) is 12.7. The monoisotopic (exact) mass is 717 g/mol. The van der Waals surface area contributed by atoms with Gasteiger partial charge in [0.1, 0.15) is 0 Å². The Morgan fingerprint density at radius 2 is 1.12 bits per heavy atom. The van der Waals surface area contributed by atoms with Gasteiger partial charge in [-0.2, -0.15) is 0 Å². The van der Waals surface area contributed by atoms with Gasteiger partial charge in [-0.15, -0.1) is 10.2 Å². The molecule has 0 aliphatic rings. The molecular weight excluding hydrogens is 683 g/mol. The summed E-state index contributed by atoms with van der Waals surface area (Å²) in [6, 6.07) is 17.6. The summed E-state index contributed by atoms with van der Waals surface area (Å²) in [5, 5.41) is 14.8. The number of benzene rings is 2. The first-order valence-corrected chi connectivity index (χ1v) is 15.9. The van der Waals surface area contributed by atoms with E-state index in [1.807, 2.05) is 48.5 Å². The van der Waals surface area contributed by atoms with Crippen molar-refractivity contribution >= 4 is 39.1 Å². The molecule has 0 saturated heterocycles. The Morgan fingerprint density at radius 3 is 1.56 bits per heavy atom. The van der Waals surface area contributed by atoms with Crippen molar-refractivity contribution in [1.29, 1.82) is 0 Å². The maximum absolute atomic E-state index is 12.8. The Bertz CT molecular complexity index is 1780. The van der Waals surface area contributed by atoms with E-state index in [-0.39, 0.29) is 33.6 Å². The summed E-state index contributed by atoms with van der Waals surface area (Å²) < 4.78 is 34.0. The molecule has 253 valence electrons. The van der Waals surface area contributed by atoms with Gasteiger partial charge in [0.05, 0.1) is 34.3 Å². The minimum absolute atomic E-state index is 0. The third-order valence-corrected chi connectivity index (χ3v) is 7.05. The van der Waals surface area contributed by atoms with Gasteiger partial charge in [0.15, 0.2) is 0 Å². The zero-order valence-electron chi connectivity index (χ0n) is 27.3. The van der Waals surface area contributed by atoms with E-state index in [0.717, 1.165) is 49.7 Å². The average molecular weight is 719 g/mol. The third-order valence-electron chi connectivity index (χ3n) is 7.05. The Balaban J connectivity index is 0.000000229. The van der Waals surface area contributed by atoms with Crippen LogP contribution in [0.1, 0.15) is 63.9 Å². The smallest absolute Gasteiger partial charge is 0.872 e. The summed E-state index contributed by atoms with van der Waals surface area (Å²) in [7, 11) is -4.94. The third kappa shape index (κ3) is 10.2. The van der Waals surface area contributed by atoms with Crippen LogP contribution in [0.5, 0.6) is 5.75 Å². The van der Waals surface area contributed by atoms with Crippen molar-refractivity contribution in [3.05, 3.63) is 108 Å². The fourth-order valence-corrected chi connectivity index (χ4v) is 4.77. The number of nitrogens with zero attached hydrogens (tertiary/aromatic N) is 6. The predicted octanol–water partition coefficient (Wildman–Crippen LogP) is 2.34. The summed E-state index contributed by atoms with van der Waals surface area (Å²) in [6.45, 7) is 13.2. The number of hydrogen-bond donors (Lipinski definition) is 0. The van der Waals surface area contributed by atoms with Crippen LogP contribution in [0, 0.1) is 10.2 Å². The van der Waals surface area contributed by atoms with E-state index in [4.69, 9.17) is 18.6 Å². The molecule has 4 aromatic heterocycles. The summed E-state index contributed by atoms with van der Waals surface area (Å²) >= 11 is 0. The fourth-order valence-electron chi connectivity index (χ4n) is 4.77. The SMILES string of the molecule is CC(C)(C)c1cc(C=NCc2ccccn2)c([O-])c(C(C)(C)C)c1.[Cu+2].[O-][Cl+3]([O-])([O-])[O-].c1cnc2c(c1)c1nccnc1c1cccnc12. The summed E-state index contributed by atoms with van der Waals surface area (Å²) in [5.74, 6) is 0.0697. The maximum atomic E-state index is 12.8. The molecule has 0 saturated carbocycles. The zero-order valence-corrected chi connectivity index (χ0v) is 29.0. The van der Waals surface area contributed by atoms with Gasteiger partial charge in [-0.25, -0.2) is 18.6 Å². The van der Waals surface area contributed by atoms with E-state index < -0.39 is 10.2 Å². The molecule has 6 rings (SSSR count). The van der Waals surface area contributed by atoms with Crippen molar-refractivity contribution in [2.24, 2.45) is 4.99 Å². The topological polar surface area (TPSA) is 192 Å². The van der Waals surface area contributed by atoms with Gasteiger partial charge in [0.25, 0.3) is 0 Å². The summed E-state index contributed by atoms with van der Waals surface area (Å²) in [4.78, 5) is 26.4. The van der Waals surface area contributed by atoms with Gasteiger partial charge in [0, 0.05) is 48.0 Å². The number of aliphatic imine (C=N–C) groups is 1. The van der Waals surface area contributed by atoms with Crippen LogP contribution in [0.25, 0.3) is 32.8 Å². The zero-order chi connectivity index (χ0) is 34.4. The fraction of sp³-hybridized carbons (Fsp3) is 0.257. The van der Waals surface area contributed by atoms with Gasteiger partial charge < -0.3 is 5.11 Å². The van der Waals surface area contributed by atoms with Crippen molar-refractivity contribution in [3.8, 4) is 5.75 Å². The van der Waals surface area contributed by atoms with Crippen LogP contribution in [-0.2, 0) is 34.4 Å². The molecule has 0 aliphatic carbocycles. The van der Waals surface area contributed by atoms with Crippen LogP contribution in [0.2, 0.25) is 0 Å². The van der Waals surface area contributed by atoms with Gasteiger partial charge >= 0.3 is 17.1 Å². The van der Waals surface area contributed by atoms with E-state index in [2.05, 4.69) is 77.5 Å². The van der Waals surface area contributed by atoms with Gasteiger partial charge in [-0.05, 0) is 63.9 Å². The normalized spacial score (nSPS) is 11.9. The first-order valence-electron chi connectivity index (χ1n) is 14.6. The van der Waals surface area contributed by atoms with E-state index in [1.165, 1.54) is 0 Å². The summed E-state index contributed by atoms with van der Waals surface area (Å²) in [6.07, 6.45) is 10.4. The molecule has 0 fully saturated rings. The van der Waals surface area contributed by atoms with E-state index >= 15 is 0 Å². The van der Waals surface area contributed by atoms with Crippen LogP contribution in [-0.4, -0.2) is 31.1 Å². The quantitative estimate of drug-likeness (QED) is 0.149. The Labute approximate surface area is 291 Å². The standard InChI is InChI=1S/C21H28N2O.C14H8N4.ClHO4.Cu/c1-20(2,3)16-11-15(19(24)18(12-16)21(4,5)6)13-22-14-17-9-7-8-10-23-17;1-3-9-11(15-5-1)12-10(4-2-6-16-12)14-13(9)17-7-8-18-14;2-1(3,4)5;/h7-13,24H,14H2,1-6H3;1-8H;(H,2,3,4,5);/q;;;+2/p-2. The van der Waals surface area contributed by atoms with Gasteiger partial charge in [0.2, 0.25) is 0 Å². The minimum Gasteiger partial charge on any atom is -0.872 e. The molecule has 0 N–H and O–H groups in total. The Hall–Kier alpha value is -4.13. The van der Waals surface area contributed by atoms with Crippen LogP contribution in [0.3, 0.4) is 0 Å². The molecule has 0 atom stereocenters. The first-order chi connectivity index (χ1) is 22.0. The van der Waals surface area contributed by atoms with E-state index in [1.54, 1.807) is 37.2 Å². The molecule has 13 heteroatoms. The number of rotatable bonds is 3. The van der Waals surface area contributed by atoms with Crippen molar-refractivity contribution in [3.63, 3.8) is 0 Å². The molecule has 0 bridgehead atoms. The van der Waals surface area contributed by atoms with Crippen LogP contribution < -0.4 is 23.7 Å². The molecule has 2 aromatic carbocycles. The molecule has 0 spiro atoms. The molecule has 0 unspecified atom stereocenters. The number of halogens is 1. The molecule has 1 radical (unpaired) electrons. The van der Waals surface area contributed by atoms with Crippen molar-refractivity contribution < 1.29 is 51.1 Å². The van der Waals surface area contributed by atoms with Gasteiger partial charge in [-0.1, -0.05) is 65.5 Å². The average Bonchev–Trinajstić information content (AvgIpc) is 3.01. The largest absolute Gasteiger partial charge is 2.00 e. The number of aromatic nitrogens is 5. The number of hydrogen-bond acceptors (Lipinski definition) is 11. The second kappa shape index (κ2) is 15.8. The number of pyridine rings is 3. The Kier molecular flexibility index (Phi) is 12.6. The number of fused-ring (bicyclic) bond motifs is 6. The van der Waals surface area contributed by atoms with Crippen molar-refractivity contribution in [2.45, 2.75) is 58.9 Å². The molecule has 48 heavy (non-hydrogen) atoms. The van der Waals surface area contributed by atoms with Crippen LogP contribution >= 0.6 is 0 Å². The van der Waals surface area contributed by atoms with Crippen LogP contribution in [0.4, 0.5) is 0 Å². The molecule has 6 aromatic rings. The molecular formula is C35H35ClCuN6O5. The van der Waals surface area contributed by atoms with Crippen molar-refractivity contribution in [1.82, 2.24) is 24.9 Å². The van der Waals surface area contributed by atoms with Gasteiger partial charge in [-0.3, -0.25) is 29.9 Å². The molecule has 0 amide bonds. The molecule has 4 heterocycles. The minimum atomic E-state index is -4.94. The molecule has 0 aliphatic heterocycles. The second-order valence-corrected chi connectivity index (χ2v) is 13.4. The molecule has 11 nitrogen and oxygen atoms in total. The van der Waals surface area contributed by atoms with Crippen LogP contribution in [0.15, 0.2) is 90.6 Å².